The Bertz CT molecular complexity index is 491. The van der Waals surface area contributed by atoms with Crippen LogP contribution >= 0.6 is 0 Å². The van der Waals surface area contributed by atoms with E-state index in [4.69, 9.17) is 4.74 Å². The van der Waals surface area contributed by atoms with Crippen LogP contribution < -0.4 is 0 Å². The van der Waals surface area contributed by atoms with Crippen molar-refractivity contribution < 1.29 is 14.6 Å². The molecular formula is C19H30O3. The lowest BCUT2D eigenvalue weighted by molar-refractivity contribution is -0.140. The van der Waals surface area contributed by atoms with Crippen LogP contribution in [0.25, 0.3) is 0 Å². The van der Waals surface area contributed by atoms with Gasteiger partial charge in [0.2, 0.25) is 0 Å². The fraction of sp³-hybridized carbons (Fsp3) is 0.737. The SMILES string of the molecule is C=C(C(=O)OCCCC)C(O)C(=C)C1CC2C[C@]2(C)C1(C)C. The summed E-state index contributed by atoms with van der Waals surface area (Å²) in [5, 5.41) is 10.5. The Morgan fingerprint density at radius 2 is 2.00 bits per heavy atom. The molecule has 2 saturated carbocycles. The molecule has 2 rings (SSSR count). The van der Waals surface area contributed by atoms with Crippen molar-refractivity contribution in [2.24, 2.45) is 22.7 Å². The minimum atomic E-state index is -1.00. The van der Waals surface area contributed by atoms with E-state index in [-0.39, 0.29) is 16.9 Å². The molecule has 0 bridgehead atoms. The van der Waals surface area contributed by atoms with Crippen molar-refractivity contribution in [3.05, 3.63) is 24.3 Å². The molecule has 0 aromatic heterocycles. The largest absolute Gasteiger partial charge is 0.462 e. The van der Waals surface area contributed by atoms with Crippen LogP contribution in [0, 0.1) is 22.7 Å². The molecule has 3 unspecified atom stereocenters. The molecule has 2 aliphatic rings. The minimum absolute atomic E-state index is 0.0993. The zero-order valence-corrected chi connectivity index (χ0v) is 14.4. The summed E-state index contributed by atoms with van der Waals surface area (Å²) in [6, 6.07) is 0. The molecule has 0 aromatic carbocycles. The van der Waals surface area contributed by atoms with Gasteiger partial charge in [-0.05, 0) is 47.5 Å². The molecule has 1 N–H and O–H groups in total. The highest BCUT2D eigenvalue weighted by Crippen LogP contribution is 2.75. The Morgan fingerprint density at radius 1 is 1.36 bits per heavy atom. The maximum absolute atomic E-state index is 12.0. The van der Waals surface area contributed by atoms with Crippen molar-refractivity contribution in [3.63, 3.8) is 0 Å². The molecular weight excluding hydrogens is 276 g/mol. The number of rotatable bonds is 7. The summed E-state index contributed by atoms with van der Waals surface area (Å²) in [6.07, 6.45) is 3.11. The molecule has 0 aliphatic heterocycles. The third kappa shape index (κ3) is 2.64. The number of esters is 1. The van der Waals surface area contributed by atoms with Crippen molar-refractivity contribution in [2.75, 3.05) is 6.61 Å². The monoisotopic (exact) mass is 306 g/mol. The summed E-state index contributed by atoms with van der Waals surface area (Å²) < 4.78 is 5.14. The first-order valence-corrected chi connectivity index (χ1v) is 8.39. The molecule has 22 heavy (non-hydrogen) atoms. The fourth-order valence-electron chi connectivity index (χ4n) is 4.11. The molecule has 4 atom stereocenters. The first kappa shape index (κ1) is 17.3. The van der Waals surface area contributed by atoms with Gasteiger partial charge in [0, 0.05) is 0 Å². The van der Waals surface area contributed by atoms with Gasteiger partial charge < -0.3 is 9.84 Å². The number of aliphatic hydroxyl groups excluding tert-OH is 1. The van der Waals surface area contributed by atoms with Crippen LogP contribution in [0.15, 0.2) is 24.3 Å². The molecule has 2 fully saturated rings. The van der Waals surface area contributed by atoms with E-state index in [1.807, 2.05) is 6.92 Å². The Balaban J connectivity index is 1.98. The second-order valence-corrected chi connectivity index (χ2v) is 7.82. The zero-order valence-electron chi connectivity index (χ0n) is 14.4. The predicted molar refractivity (Wildman–Crippen MR) is 88.3 cm³/mol. The number of aliphatic hydroxyl groups is 1. The van der Waals surface area contributed by atoms with Crippen LogP contribution in [-0.4, -0.2) is 23.8 Å². The number of fused-ring (bicyclic) bond motifs is 1. The normalized spacial score (nSPS) is 33.0. The highest BCUT2D eigenvalue weighted by atomic mass is 16.5. The Labute approximate surface area is 134 Å². The van der Waals surface area contributed by atoms with Crippen LogP contribution in [0.2, 0.25) is 0 Å². The number of hydrogen-bond donors (Lipinski definition) is 1. The van der Waals surface area contributed by atoms with Crippen LogP contribution in [0.3, 0.4) is 0 Å². The van der Waals surface area contributed by atoms with E-state index >= 15 is 0 Å². The van der Waals surface area contributed by atoms with E-state index in [1.165, 1.54) is 6.42 Å². The molecule has 0 aromatic rings. The Morgan fingerprint density at radius 3 is 2.50 bits per heavy atom. The number of hydrogen-bond acceptors (Lipinski definition) is 3. The molecule has 0 radical (unpaired) electrons. The van der Waals surface area contributed by atoms with Gasteiger partial charge in [-0.3, -0.25) is 0 Å². The predicted octanol–water partition coefficient (Wildman–Crippen LogP) is 3.88. The summed E-state index contributed by atoms with van der Waals surface area (Å²) in [7, 11) is 0. The quantitative estimate of drug-likeness (QED) is 0.336. The van der Waals surface area contributed by atoms with Crippen molar-refractivity contribution in [1.82, 2.24) is 0 Å². The van der Waals surface area contributed by atoms with Gasteiger partial charge in [-0.25, -0.2) is 4.79 Å². The number of carbonyl (C=O) groups excluding carboxylic acids is 1. The molecule has 3 heteroatoms. The van der Waals surface area contributed by atoms with Crippen LogP contribution in [-0.2, 0) is 9.53 Å². The van der Waals surface area contributed by atoms with Crippen molar-refractivity contribution in [3.8, 4) is 0 Å². The number of unbranched alkanes of at least 4 members (excludes halogenated alkanes) is 1. The van der Waals surface area contributed by atoms with Crippen LogP contribution in [0.1, 0.15) is 53.4 Å². The highest BCUT2D eigenvalue weighted by molar-refractivity contribution is 5.89. The third-order valence-electron chi connectivity index (χ3n) is 6.40. The van der Waals surface area contributed by atoms with Gasteiger partial charge in [0.15, 0.2) is 0 Å². The van der Waals surface area contributed by atoms with E-state index in [9.17, 15) is 9.90 Å². The van der Waals surface area contributed by atoms with E-state index in [2.05, 4.69) is 33.9 Å². The summed E-state index contributed by atoms with van der Waals surface area (Å²) in [6.45, 7) is 17.1. The van der Waals surface area contributed by atoms with E-state index in [0.29, 0.717) is 12.0 Å². The second kappa shape index (κ2) is 5.84. The van der Waals surface area contributed by atoms with Crippen molar-refractivity contribution >= 4 is 5.97 Å². The van der Waals surface area contributed by atoms with Gasteiger partial charge >= 0.3 is 5.97 Å². The molecule has 3 nitrogen and oxygen atoms in total. The first-order valence-electron chi connectivity index (χ1n) is 8.39. The van der Waals surface area contributed by atoms with Crippen LogP contribution in [0.4, 0.5) is 0 Å². The third-order valence-corrected chi connectivity index (χ3v) is 6.40. The second-order valence-electron chi connectivity index (χ2n) is 7.82. The molecule has 124 valence electrons. The van der Waals surface area contributed by atoms with Crippen LogP contribution in [0.5, 0.6) is 0 Å². The van der Waals surface area contributed by atoms with Gasteiger partial charge in [0.25, 0.3) is 0 Å². The average molecular weight is 306 g/mol. The first-order chi connectivity index (χ1) is 10.2. The Kier molecular flexibility index (Phi) is 4.59. The van der Waals surface area contributed by atoms with Gasteiger partial charge in [-0.15, -0.1) is 0 Å². The van der Waals surface area contributed by atoms with E-state index < -0.39 is 12.1 Å². The number of carbonyl (C=O) groups is 1. The minimum Gasteiger partial charge on any atom is -0.462 e. The number of ether oxygens (including phenoxy) is 1. The molecule has 2 aliphatic carbocycles. The molecule has 0 heterocycles. The lowest BCUT2D eigenvalue weighted by Crippen LogP contribution is -2.34. The molecule has 0 spiro atoms. The lowest BCUT2D eigenvalue weighted by atomic mass is 9.67. The van der Waals surface area contributed by atoms with Crippen molar-refractivity contribution in [1.29, 1.82) is 0 Å². The summed E-state index contributed by atoms with van der Waals surface area (Å²) in [5.41, 5.74) is 1.28. The smallest absolute Gasteiger partial charge is 0.336 e. The standard InChI is InChI=1S/C19H30O3/c1-7-8-9-22-17(21)13(3)16(20)12(2)15-10-14-11-19(14,6)18(15,4)5/h14-16,20H,2-3,7-11H2,1,4-6H3/t14?,15?,16?,19-/m0/s1. The summed E-state index contributed by atoms with van der Waals surface area (Å²) >= 11 is 0. The topological polar surface area (TPSA) is 46.5 Å². The lowest BCUT2D eigenvalue weighted by Gasteiger charge is -2.38. The highest BCUT2D eigenvalue weighted by Gasteiger charge is 2.67. The van der Waals surface area contributed by atoms with Gasteiger partial charge in [0.05, 0.1) is 12.2 Å². The summed E-state index contributed by atoms with van der Waals surface area (Å²) in [5.74, 6) is 0.446. The Hall–Kier alpha value is -1.09. The molecule has 0 saturated heterocycles. The maximum Gasteiger partial charge on any atom is 0.336 e. The average Bonchev–Trinajstić information content (AvgIpc) is 3.09. The van der Waals surface area contributed by atoms with Gasteiger partial charge in [-0.2, -0.15) is 0 Å². The molecule has 0 amide bonds. The fourth-order valence-corrected chi connectivity index (χ4v) is 4.11. The van der Waals surface area contributed by atoms with Gasteiger partial charge in [-0.1, -0.05) is 47.3 Å². The zero-order chi connectivity index (χ0) is 16.7. The maximum atomic E-state index is 12.0. The van der Waals surface area contributed by atoms with Crippen molar-refractivity contribution in [2.45, 2.75) is 59.5 Å². The van der Waals surface area contributed by atoms with E-state index in [1.54, 1.807) is 0 Å². The van der Waals surface area contributed by atoms with E-state index in [0.717, 1.165) is 30.8 Å². The summed E-state index contributed by atoms with van der Waals surface area (Å²) in [4.78, 5) is 12.0. The van der Waals surface area contributed by atoms with Gasteiger partial charge in [0.1, 0.15) is 6.10 Å².